The number of oxime groups is 1. The van der Waals surface area contributed by atoms with Crippen molar-refractivity contribution in [3.8, 4) is 5.75 Å². The van der Waals surface area contributed by atoms with E-state index < -0.39 is 5.97 Å². The molecule has 2 aromatic carbocycles. The first-order chi connectivity index (χ1) is 17.4. The first-order valence-corrected chi connectivity index (χ1v) is 12.0. The fourth-order valence-electron chi connectivity index (χ4n) is 4.73. The molecule has 36 heavy (non-hydrogen) atoms. The molecule has 0 N–H and O–H groups in total. The molecule has 188 valence electrons. The van der Waals surface area contributed by atoms with E-state index in [9.17, 15) is 9.70 Å². The summed E-state index contributed by atoms with van der Waals surface area (Å²) < 4.78 is 13.3. The summed E-state index contributed by atoms with van der Waals surface area (Å²) in [5.74, 6) is 0.218. The highest BCUT2D eigenvalue weighted by Crippen LogP contribution is 2.34. The lowest BCUT2D eigenvalue weighted by Gasteiger charge is -2.16. The predicted molar refractivity (Wildman–Crippen MR) is 140 cm³/mol. The van der Waals surface area contributed by atoms with Gasteiger partial charge in [0, 0.05) is 54.7 Å². The lowest BCUT2D eigenvalue weighted by molar-refractivity contribution is -0.140. The van der Waals surface area contributed by atoms with E-state index in [1.54, 1.807) is 7.11 Å². The summed E-state index contributed by atoms with van der Waals surface area (Å²) in [6.45, 7) is 8.61. The second-order valence-corrected chi connectivity index (χ2v) is 8.96. The summed E-state index contributed by atoms with van der Waals surface area (Å²) in [7, 11) is 1.64. The Morgan fingerprint density at radius 3 is 2.69 bits per heavy atom. The highest BCUT2D eigenvalue weighted by atomic mass is 16.7. The Morgan fingerprint density at radius 2 is 2.03 bits per heavy atom. The first-order valence-electron chi connectivity index (χ1n) is 12.0. The molecule has 8 heteroatoms. The van der Waals surface area contributed by atoms with Gasteiger partial charge in [0.1, 0.15) is 23.6 Å². The van der Waals surface area contributed by atoms with Crippen molar-refractivity contribution in [1.82, 2.24) is 4.57 Å². The maximum atomic E-state index is 11.6. The van der Waals surface area contributed by atoms with Gasteiger partial charge in [0.05, 0.1) is 6.61 Å². The molecule has 1 heterocycles. The maximum Gasteiger partial charge on any atom is 0.332 e. The second-order valence-electron chi connectivity index (χ2n) is 8.96. The molecule has 0 aliphatic heterocycles. The molecule has 0 saturated carbocycles. The molecule has 0 amide bonds. The van der Waals surface area contributed by atoms with Crippen LogP contribution in [0.15, 0.2) is 52.8 Å². The Hall–Kier alpha value is -3.78. The molecule has 0 spiro atoms. The van der Waals surface area contributed by atoms with Crippen LogP contribution in [0.5, 0.6) is 5.75 Å². The summed E-state index contributed by atoms with van der Waals surface area (Å²) >= 11 is 0. The summed E-state index contributed by atoms with van der Waals surface area (Å²) in [6, 6.07) is 11.4. The molecule has 0 radical (unpaired) electrons. The molecule has 1 aliphatic carbocycles. The highest BCUT2D eigenvalue weighted by molar-refractivity contribution is 6.15. The molecular formula is C28H31N3O5. The molecule has 2 unspecified atom stereocenters. The maximum absolute atomic E-state index is 11.6. The highest BCUT2D eigenvalue weighted by Gasteiger charge is 2.23. The molecule has 3 aromatic rings. The van der Waals surface area contributed by atoms with Gasteiger partial charge in [-0.05, 0) is 68.3 Å². The molecule has 8 nitrogen and oxygen atoms in total. The Kier molecular flexibility index (Phi) is 7.64. The van der Waals surface area contributed by atoms with Gasteiger partial charge in [-0.1, -0.05) is 22.5 Å². The number of ether oxygens (including phenoxy) is 2. The van der Waals surface area contributed by atoms with Crippen LogP contribution in [0.2, 0.25) is 0 Å². The summed E-state index contributed by atoms with van der Waals surface area (Å²) in [5.41, 5.74) is 6.32. The third-order valence-corrected chi connectivity index (χ3v) is 6.28. The zero-order valence-electron chi connectivity index (χ0n) is 21.3. The van der Waals surface area contributed by atoms with E-state index in [1.807, 2.05) is 62.4 Å². The number of nitroso groups, excluding NO2 is 1. The third kappa shape index (κ3) is 5.09. The standard InChI is InChI=1S/C28H31N3O5/c1-6-31-26-11-7-20(14-24(26)25-15-21(29-33)8-12-27(25)31)28(30-36-19(4)32)23-10-9-22(13-17(23)2)35-18(3)16-34-5/h7-14,18,21H,6,15-16H2,1-5H3/b30-28+. The number of fused-ring (bicyclic) bond motifs is 3. The smallest absolute Gasteiger partial charge is 0.332 e. The third-order valence-electron chi connectivity index (χ3n) is 6.28. The minimum atomic E-state index is -0.501. The van der Waals surface area contributed by atoms with Crippen molar-refractivity contribution in [2.24, 2.45) is 10.3 Å². The van der Waals surface area contributed by atoms with Crippen LogP contribution in [-0.2, 0) is 27.3 Å². The van der Waals surface area contributed by atoms with Crippen molar-refractivity contribution >= 4 is 28.7 Å². The molecule has 1 aliphatic rings. The minimum Gasteiger partial charge on any atom is -0.488 e. The van der Waals surface area contributed by atoms with Gasteiger partial charge < -0.3 is 18.9 Å². The molecule has 1 aromatic heterocycles. The fourth-order valence-corrected chi connectivity index (χ4v) is 4.73. The van der Waals surface area contributed by atoms with Crippen LogP contribution in [0.4, 0.5) is 0 Å². The average Bonchev–Trinajstić information content (AvgIpc) is 3.17. The van der Waals surface area contributed by atoms with Gasteiger partial charge in [-0.3, -0.25) is 0 Å². The van der Waals surface area contributed by atoms with Crippen molar-refractivity contribution in [2.45, 2.75) is 52.8 Å². The number of aromatic nitrogens is 1. The van der Waals surface area contributed by atoms with Gasteiger partial charge >= 0.3 is 5.97 Å². The lowest BCUT2D eigenvalue weighted by Crippen LogP contribution is -2.18. The van der Waals surface area contributed by atoms with E-state index in [0.29, 0.717) is 18.7 Å². The second kappa shape index (κ2) is 10.9. The molecule has 0 saturated heterocycles. The largest absolute Gasteiger partial charge is 0.488 e. The number of hydrogen-bond acceptors (Lipinski definition) is 7. The van der Waals surface area contributed by atoms with E-state index in [2.05, 4.69) is 21.8 Å². The zero-order valence-corrected chi connectivity index (χ0v) is 21.3. The number of rotatable bonds is 9. The summed E-state index contributed by atoms with van der Waals surface area (Å²) in [5, 5.41) is 8.52. The van der Waals surface area contributed by atoms with Crippen molar-refractivity contribution < 1.29 is 19.1 Å². The van der Waals surface area contributed by atoms with Crippen molar-refractivity contribution in [3.05, 3.63) is 75.3 Å². The molecule has 0 bridgehead atoms. The topological polar surface area (TPSA) is 91.5 Å². The van der Waals surface area contributed by atoms with Crippen LogP contribution in [0, 0.1) is 11.8 Å². The van der Waals surface area contributed by atoms with E-state index in [-0.39, 0.29) is 12.1 Å². The summed E-state index contributed by atoms with van der Waals surface area (Å²) in [6.07, 6.45) is 4.29. The van der Waals surface area contributed by atoms with E-state index in [1.165, 1.54) is 6.92 Å². The average molecular weight is 490 g/mol. The lowest BCUT2D eigenvalue weighted by atomic mass is 9.94. The van der Waals surface area contributed by atoms with E-state index in [4.69, 9.17) is 14.3 Å². The number of methoxy groups -OCH3 is 1. The molecule has 2 atom stereocenters. The molecule has 0 fully saturated rings. The van der Waals surface area contributed by atoms with Crippen LogP contribution in [0.1, 0.15) is 48.7 Å². The number of nitrogens with zero attached hydrogens (tertiary/aromatic N) is 3. The normalized spacial score (nSPS) is 16.0. The Labute approximate surface area is 210 Å². The van der Waals surface area contributed by atoms with Gasteiger partial charge in [0.25, 0.3) is 0 Å². The summed E-state index contributed by atoms with van der Waals surface area (Å²) in [4.78, 5) is 28.0. The van der Waals surface area contributed by atoms with E-state index >= 15 is 0 Å². The molecular weight excluding hydrogens is 458 g/mol. The zero-order chi connectivity index (χ0) is 25.8. The van der Waals surface area contributed by atoms with E-state index in [0.717, 1.165) is 51.1 Å². The predicted octanol–water partition coefficient (Wildman–Crippen LogP) is 5.40. The number of hydrogen-bond donors (Lipinski definition) is 0. The quantitative estimate of drug-likeness (QED) is 0.174. The minimum absolute atomic E-state index is 0.0932. The van der Waals surface area contributed by atoms with Gasteiger partial charge in [0.2, 0.25) is 0 Å². The number of carbonyl (C=O) groups is 1. The Morgan fingerprint density at radius 1 is 1.22 bits per heavy atom. The van der Waals surface area contributed by atoms with Gasteiger partial charge in [-0.25, -0.2) is 4.79 Å². The van der Waals surface area contributed by atoms with Crippen LogP contribution >= 0.6 is 0 Å². The van der Waals surface area contributed by atoms with Gasteiger partial charge in [-0.2, -0.15) is 4.91 Å². The van der Waals surface area contributed by atoms with Crippen molar-refractivity contribution in [3.63, 3.8) is 0 Å². The number of aryl methyl sites for hydroxylation is 2. The van der Waals surface area contributed by atoms with Gasteiger partial charge in [0.15, 0.2) is 0 Å². The Balaban J connectivity index is 1.80. The monoisotopic (exact) mass is 489 g/mol. The molecule has 4 rings (SSSR count). The fraction of sp³-hybridized carbons (Fsp3) is 0.357. The van der Waals surface area contributed by atoms with Crippen LogP contribution in [0.3, 0.4) is 0 Å². The first kappa shape index (κ1) is 25.3. The number of carbonyl (C=O) groups excluding carboxylic acids is 1. The van der Waals surface area contributed by atoms with Gasteiger partial charge in [-0.15, -0.1) is 0 Å². The van der Waals surface area contributed by atoms with Crippen molar-refractivity contribution in [2.75, 3.05) is 13.7 Å². The number of benzene rings is 2. The SMILES string of the molecule is CCn1c2c(c3cc(/C(=N\OC(C)=O)c4ccc(OC(C)COC)cc4C)ccc31)CC(N=O)C=C2. The Bertz CT molecular complexity index is 1350. The van der Waals surface area contributed by atoms with Crippen LogP contribution < -0.4 is 4.74 Å². The van der Waals surface area contributed by atoms with Crippen molar-refractivity contribution in [1.29, 1.82) is 0 Å². The van der Waals surface area contributed by atoms with Crippen LogP contribution in [0.25, 0.3) is 17.0 Å². The van der Waals surface area contributed by atoms with Crippen LogP contribution in [-0.4, -0.2) is 42.1 Å².